The lowest BCUT2D eigenvalue weighted by atomic mass is 9.92. The molecule has 2 amide bonds. The number of anilines is 1. The van der Waals surface area contributed by atoms with Crippen LogP contribution in [-0.2, 0) is 6.42 Å². The van der Waals surface area contributed by atoms with Gasteiger partial charge in [0.1, 0.15) is 5.69 Å². The van der Waals surface area contributed by atoms with Crippen molar-refractivity contribution in [2.45, 2.75) is 13.3 Å². The molecule has 1 aliphatic rings. The van der Waals surface area contributed by atoms with Crippen LogP contribution >= 0.6 is 0 Å². The number of aromatic nitrogens is 1. The molecule has 0 bridgehead atoms. The summed E-state index contributed by atoms with van der Waals surface area (Å²) >= 11 is 0. The van der Waals surface area contributed by atoms with Crippen LogP contribution in [0.5, 0.6) is 0 Å². The quantitative estimate of drug-likeness (QED) is 0.698. The summed E-state index contributed by atoms with van der Waals surface area (Å²) < 4.78 is 0.673. The van der Waals surface area contributed by atoms with E-state index in [-0.39, 0.29) is 6.03 Å². The number of likely N-dealkylation sites (tertiary alicyclic amines) is 1. The van der Waals surface area contributed by atoms with Gasteiger partial charge in [0.25, 0.3) is 0 Å². The Kier molecular flexibility index (Phi) is 3.96. The van der Waals surface area contributed by atoms with E-state index in [2.05, 4.69) is 36.5 Å². The predicted octanol–water partition coefficient (Wildman–Crippen LogP) is 2.33. The number of hydrogen-bond donors (Lipinski definition) is 1. The molecule has 0 aliphatic carbocycles. The lowest BCUT2D eigenvalue weighted by molar-refractivity contribution is -0.604. The van der Waals surface area contributed by atoms with Crippen molar-refractivity contribution in [2.75, 3.05) is 18.4 Å². The summed E-state index contributed by atoms with van der Waals surface area (Å²) in [6.07, 6.45) is 3.73. The third-order valence-corrected chi connectivity index (χ3v) is 3.88. The lowest BCUT2D eigenvalue weighted by Crippen LogP contribution is -2.52. The number of rotatable bonds is 3. The van der Waals surface area contributed by atoms with Crippen LogP contribution in [0.3, 0.4) is 0 Å². The van der Waals surface area contributed by atoms with Crippen molar-refractivity contribution in [3.05, 3.63) is 65.1 Å². The van der Waals surface area contributed by atoms with Gasteiger partial charge in [-0.15, -0.1) is 0 Å². The van der Waals surface area contributed by atoms with Crippen LogP contribution in [0.4, 0.5) is 10.5 Å². The van der Waals surface area contributed by atoms with E-state index in [0.29, 0.717) is 16.3 Å². The highest BCUT2D eigenvalue weighted by Gasteiger charge is 2.30. The normalized spacial score (nSPS) is 14.5. The molecule has 3 rings (SSSR count). The molecule has 0 unspecified atom stereocenters. The fraction of sp³-hybridized carbons (Fsp3) is 0.294. The van der Waals surface area contributed by atoms with Crippen LogP contribution in [0, 0.1) is 18.0 Å². The molecule has 0 atom stereocenters. The van der Waals surface area contributed by atoms with E-state index in [9.17, 15) is 10.0 Å². The van der Waals surface area contributed by atoms with E-state index in [0.717, 1.165) is 19.5 Å². The molecule has 0 radical (unpaired) electrons. The van der Waals surface area contributed by atoms with Crippen molar-refractivity contribution in [1.82, 2.24) is 4.90 Å². The third kappa shape index (κ3) is 3.36. The molecule has 1 fully saturated rings. The van der Waals surface area contributed by atoms with Gasteiger partial charge in [0.15, 0.2) is 6.20 Å². The SMILES string of the molecule is Cc1cccc(CC2CN(C(=O)Nc3ccc[n+]([O-])c3)C2)c1. The Labute approximate surface area is 129 Å². The molecule has 22 heavy (non-hydrogen) atoms. The molecule has 0 spiro atoms. The average molecular weight is 297 g/mol. The lowest BCUT2D eigenvalue weighted by Gasteiger charge is -2.39. The van der Waals surface area contributed by atoms with Gasteiger partial charge < -0.3 is 15.4 Å². The monoisotopic (exact) mass is 297 g/mol. The Bertz CT molecular complexity index is 681. The maximum absolute atomic E-state index is 12.1. The molecular weight excluding hydrogens is 278 g/mol. The van der Waals surface area contributed by atoms with Crippen LogP contribution in [0.2, 0.25) is 0 Å². The summed E-state index contributed by atoms with van der Waals surface area (Å²) in [6.45, 7) is 3.60. The standard InChI is InChI=1S/C17H19N3O2/c1-13-4-2-5-14(8-13)9-15-10-19(11-15)17(21)18-16-6-3-7-20(22)12-16/h2-8,12,15H,9-11H2,1H3,(H,18,21). The van der Waals surface area contributed by atoms with E-state index in [1.165, 1.54) is 23.5 Å². The second-order valence-electron chi connectivity index (χ2n) is 5.85. The zero-order chi connectivity index (χ0) is 15.5. The van der Waals surface area contributed by atoms with Gasteiger partial charge in [0, 0.05) is 19.2 Å². The van der Waals surface area contributed by atoms with E-state index in [4.69, 9.17) is 0 Å². The van der Waals surface area contributed by atoms with Crippen molar-refractivity contribution >= 4 is 11.7 Å². The van der Waals surface area contributed by atoms with Gasteiger partial charge in [-0.1, -0.05) is 29.8 Å². The third-order valence-electron chi connectivity index (χ3n) is 3.88. The average Bonchev–Trinajstić information content (AvgIpc) is 2.42. The minimum atomic E-state index is -0.147. The molecule has 114 valence electrons. The smallest absolute Gasteiger partial charge is 0.322 e. The fourth-order valence-corrected chi connectivity index (χ4v) is 2.77. The summed E-state index contributed by atoms with van der Waals surface area (Å²) in [5.41, 5.74) is 3.10. The van der Waals surface area contributed by atoms with Crippen LogP contribution < -0.4 is 10.0 Å². The zero-order valence-corrected chi connectivity index (χ0v) is 12.5. The first-order valence-electron chi connectivity index (χ1n) is 7.40. The number of pyridine rings is 1. The first kappa shape index (κ1) is 14.4. The van der Waals surface area contributed by atoms with Gasteiger partial charge in [0.05, 0.1) is 0 Å². The molecule has 5 heteroatoms. The molecule has 2 heterocycles. The van der Waals surface area contributed by atoms with Gasteiger partial charge in [-0.25, -0.2) is 4.79 Å². The van der Waals surface area contributed by atoms with Crippen LogP contribution in [-0.4, -0.2) is 24.0 Å². The Balaban J connectivity index is 1.49. The minimum Gasteiger partial charge on any atom is -0.619 e. The molecule has 2 aromatic rings. The van der Waals surface area contributed by atoms with Gasteiger partial charge in [-0.05, 0) is 30.9 Å². The van der Waals surface area contributed by atoms with Crippen molar-refractivity contribution in [3.8, 4) is 0 Å². The number of carbonyl (C=O) groups excluding carboxylic acids is 1. The molecule has 1 aliphatic heterocycles. The molecule has 1 aromatic heterocycles. The summed E-state index contributed by atoms with van der Waals surface area (Å²) in [5.74, 6) is 0.507. The zero-order valence-electron chi connectivity index (χ0n) is 12.5. The highest BCUT2D eigenvalue weighted by atomic mass is 16.5. The fourth-order valence-electron chi connectivity index (χ4n) is 2.77. The van der Waals surface area contributed by atoms with Crippen LogP contribution in [0.1, 0.15) is 11.1 Å². The second kappa shape index (κ2) is 6.05. The number of nitrogens with one attached hydrogen (secondary N) is 1. The van der Waals surface area contributed by atoms with Crippen molar-refractivity contribution in [2.24, 2.45) is 5.92 Å². The predicted molar refractivity (Wildman–Crippen MR) is 84.4 cm³/mol. The maximum Gasteiger partial charge on any atom is 0.322 e. The first-order chi connectivity index (χ1) is 10.6. The van der Waals surface area contributed by atoms with Gasteiger partial charge in [0.2, 0.25) is 6.20 Å². The van der Waals surface area contributed by atoms with Crippen molar-refractivity contribution in [1.29, 1.82) is 0 Å². The number of nitrogens with zero attached hydrogens (tertiary/aromatic N) is 2. The number of amides is 2. The molecule has 1 aromatic carbocycles. The summed E-state index contributed by atoms with van der Waals surface area (Å²) in [7, 11) is 0. The maximum atomic E-state index is 12.1. The number of carbonyl (C=O) groups is 1. The van der Waals surface area contributed by atoms with Crippen LogP contribution in [0.25, 0.3) is 0 Å². The van der Waals surface area contributed by atoms with E-state index in [1.807, 2.05) is 0 Å². The Morgan fingerprint density at radius 1 is 1.36 bits per heavy atom. The van der Waals surface area contributed by atoms with E-state index >= 15 is 0 Å². The number of urea groups is 1. The second-order valence-corrected chi connectivity index (χ2v) is 5.85. The Morgan fingerprint density at radius 2 is 2.18 bits per heavy atom. The molecule has 5 nitrogen and oxygen atoms in total. The molecule has 1 N–H and O–H groups in total. The largest absolute Gasteiger partial charge is 0.619 e. The molecule has 0 saturated carbocycles. The van der Waals surface area contributed by atoms with Crippen molar-refractivity contribution < 1.29 is 9.52 Å². The molecular formula is C17H19N3O2. The summed E-state index contributed by atoms with van der Waals surface area (Å²) in [5, 5.41) is 13.9. The highest BCUT2D eigenvalue weighted by Crippen LogP contribution is 2.21. The van der Waals surface area contributed by atoms with Crippen LogP contribution in [0.15, 0.2) is 48.8 Å². The van der Waals surface area contributed by atoms with E-state index < -0.39 is 0 Å². The summed E-state index contributed by atoms with van der Waals surface area (Å²) in [6, 6.07) is 11.7. The topological polar surface area (TPSA) is 59.3 Å². The van der Waals surface area contributed by atoms with Gasteiger partial charge >= 0.3 is 6.03 Å². The minimum absolute atomic E-state index is 0.147. The number of hydrogen-bond acceptors (Lipinski definition) is 2. The van der Waals surface area contributed by atoms with Gasteiger partial charge in [-0.3, -0.25) is 0 Å². The summed E-state index contributed by atoms with van der Waals surface area (Å²) in [4.78, 5) is 13.8. The first-order valence-corrected chi connectivity index (χ1v) is 7.40. The molecule has 1 saturated heterocycles. The Morgan fingerprint density at radius 3 is 2.91 bits per heavy atom. The van der Waals surface area contributed by atoms with E-state index in [1.54, 1.807) is 17.0 Å². The highest BCUT2D eigenvalue weighted by molar-refractivity contribution is 5.89. The van der Waals surface area contributed by atoms with Crippen molar-refractivity contribution in [3.63, 3.8) is 0 Å². The number of aryl methyl sites for hydroxylation is 1. The number of benzene rings is 1. The van der Waals surface area contributed by atoms with Gasteiger partial charge in [-0.2, -0.15) is 4.73 Å². The Hall–Kier alpha value is -2.56.